The van der Waals surface area contributed by atoms with Gasteiger partial charge in [-0.15, -0.1) is 0 Å². The molecule has 8 nitrogen and oxygen atoms in total. The number of morpholine rings is 1. The lowest BCUT2D eigenvalue weighted by atomic mass is 10.1. The van der Waals surface area contributed by atoms with Crippen LogP contribution in [0.2, 0.25) is 0 Å². The normalized spacial score (nSPS) is 18.3. The fourth-order valence-electron chi connectivity index (χ4n) is 2.03. The molecule has 1 fully saturated rings. The van der Waals surface area contributed by atoms with E-state index < -0.39 is 39.8 Å². The number of carbonyl (C=O) groups is 2. The monoisotopic (exact) mass is 297 g/mol. The Morgan fingerprint density at radius 3 is 2.81 bits per heavy atom. The highest BCUT2D eigenvalue weighted by atomic mass is 19.1. The zero-order valence-electron chi connectivity index (χ0n) is 10.8. The molecule has 0 spiro atoms. The van der Waals surface area contributed by atoms with Crippen molar-refractivity contribution in [3.63, 3.8) is 0 Å². The van der Waals surface area contributed by atoms with Crippen LogP contribution in [0.3, 0.4) is 0 Å². The lowest BCUT2D eigenvalue weighted by Crippen LogP contribution is -2.54. The second-order valence-corrected chi connectivity index (χ2v) is 4.41. The molecule has 1 atom stereocenters. The average Bonchev–Trinajstić information content (AvgIpc) is 2.46. The smallest absolute Gasteiger partial charge is 0.270 e. The van der Waals surface area contributed by atoms with Crippen molar-refractivity contribution < 1.29 is 23.6 Å². The standard InChI is InChI=1S/C12H12FN3O5/c13-9-2-1-7(16(19)20)5-8(9)12(18)15-3-4-21-6-10(15)11(14)17/h1-2,5,10H,3-4,6H2,(H2,14,17). The highest BCUT2D eigenvalue weighted by Gasteiger charge is 2.33. The second kappa shape index (κ2) is 5.83. The minimum absolute atomic E-state index is 0.0502. The number of halogens is 1. The number of hydrogen-bond acceptors (Lipinski definition) is 5. The molecule has 1 unspecified atom stereocenters. The van der Waals surface area contributed by atoms with Crippen LogP contribution < -0.4 is 5.73 Å². The molecule has 0 bridgehead atoms. The van der Waals surface area contributed by atoms with Gasteiger partial charge in [-0.05, 0) is 6.07 Å². The van der Waals surface area contributed by atoms with Crippen LogP contribution in [0.25, 0.3) is 0 Å². The van der Waals surface area contributed by atoms with E-state index in [2.05, 4.69) is 0 Å². The SMILES string of the molecule is NC(=O)C1COCCN1C(=O)c1cc([N+](=O)[O-])ccc1F. The maximum atomic E-state index is 13.7. The quantitative estimate of drug-likeness (QED) is 0.625. The summed E-state index contributed by atoms with van der Waals surface area (Å²) in [6.07, 6.45) is 0. The summed E-state index contributed by atoms with van der Waals surface area (Å²) >= 11 is 0. The van der Waals surface area contributed by atoms with Gasteiger partial charge in [-0.25, -0.2) is 4.39 Å². The average molecular weight is 297 g/mol. The van der Waals surface area contributed by atoms with Crippen LogP contribution in [-0.2, 0) is 9.53 Å². The van der Waals surface area contributed by atoms with Gasteiger partial charge in [0.05, 0.1) is 23.7 Å². The number of amides is 2. The van der Waals surface area contributed by atoms with E-state index in [1.807, 2.05) is 0 Å². The van der Waals surface area contributed by atoms with Gasteiger partial charge in [-0.3, -0.25) is 19.7 Å². The maximum absolute atomic E-state index is 13.7. The fourth-order valence-corrected chi connectivity index (χ4v) is 2.03. The lowest BCUT2D eigenvalue weighted by Gasteiger charge is -2.33. The summed E-state index contributed by atoms with van der Waals surface area (Å²) in [5.74, 6) is -2.52. The minimum atomic E-state index is -1.02. The van der Waals surface area contributed by atoms with E-state index in [9.17, 15) is 24.1 Å². The van der Waals surface area contributed by atoms with E-state index >= 15 is 0 Å². The Kier molecular flexibility index (Phi) is 4.13. The summed E-state index contributed by atoms with van der Waals surface area (Å²) in [6.45, 7) is 0.137. The largest absolute Gasteiger partial charge is 0.377 e. The van der Waals surface area contributed by atoms with Crippen LogP contribution in [0.4, 0.5) is 10.1 Å². The third-order valence-electron chi connectivity index (χ3n) is 3.11. The lowest BCUT2D eigenvalue weighted by molar-refractivity contribution is -0.384. The Labute approximate surface area is 118 Å². The molecule has 1 aromatic carbocycles. The number of carbonyl (C=O) groups excluding carboxylic acids is 2. The first-order valence-corrected chi connectivity index (χ1v) is 6.04. The van der Waals surface area contributed by atoms with Gasteiger partial charge < -0.3 is 15.4 Å². The Morgan fingerprint density at radius 1 is 1.48 bits per heavy atom. The summed E-state index contributed by atoms with van der Waals surface area (Å²) in [4.78, 5) is 34.6. The van der Waals surface area contributed by atoms with Crippen LogP contribution in [-0.4, -0.2) is 47.4 Å². The van der Waals surface area contributed by atoms with Gasteiger partial charge >= 0.3 is 0 Å². The van der Waals surface area contributed by atoms with E-state index in [0.717, 1.165) is 23.1 Å². The van der Waals surface area contributed by atoms with E-state index in [4.69, 9.17) is 10.5 Å². The zero-order valence-corrected chi connectivity index (χ0v) is 10.8. The van der Waals surface area contributed by atoms with Gasteiger partial charge in [0.1, 0.15) is 11.9 Å². The minimum Gasteiger partial charge on any atom is -0.377 e. The molecule has 9 heteroatoms. The van der Waals surface area contributed by atoms with E-state index in [1.165, 1.54) is 0 Å². The molecule has 2 N–H and O–H groups in total. The van der Waals surface area contributed by atoms with Crippen molar-refractivity contribution in [2.75, 3.05) is 19.8 Å². The van der Waals surface area contributed by atoms with E-state index in [0.29, 0.717) is 0 Å². The number of rotatable bonds is 3. The second-order valence-electron chi connectivity index (χ2n) is 4.41. The number of nitro benzene ring substituents is 1. The molecule has 21 heavy (non-hydrogen) atoms. The van der Waals surface area contributed by atoms with Crippen molar-refractivity contribution in [2.24, 2.45) is 5.73 Å². The van der Waals surface area contributed by atoms with Crippen molar-refractivity contribution in [1.29, 1.82) is 0 Å². The number of primary amides is 1. The number of nitrogens with zero attached hydrogens (tertiary/aromatic N) is 2. The molecule has 2 amide bonds. The summed E-state index contributed by atoms with van der Waals surface area (Å²) in [6, 6.07) is 1.61. The highest BCUT2D eigenvalue weighted by molar-refractivity contribution is 5.98. The number of ether oxygens (including phenoxy) is 1. The number of nitrogens with two attached hydrogens (primary N) is 1. The summed E-state index contributed by atoms with van der Waals surface area (Å²) < 4.78 is 18.8. The third kappa shape index (κ3) is 2.97. The Morgan fingerprint density at radius 2 is 2.19 bits per heavy atom. The van der Waals surface area contributed by atoms with E-state index in [1.54, 1.807) is 0 Å². The molecule has 0 saturated carbocycles. The van der Waals surface area contributed by atoms with Crippen LogP contribution in [0.5, 0.6) is 0 Å². The zero-order chi connectivity index (χ0) is 15.6. The summed E-state index contributed by atoms with van der Waals surface area (Å²) in [5, 5.41) is 10.7. The number of benzene rings is 1. The predicted molar refractivity (Wildman–Crippen MR) is 67.9 cm³/mol. The molecular weight excluding hydrogens is 285 g/mol. The van der Waals surface area contributed by atoms with Crippen LogP contribution in [0.1, 0.15) is 10.4 Å². The van der Waals surface area contributed by atoms with E-state index in [-0.39, 0.29) is 19.8 Å². The van der Waals surface area contributed by atoms with Crippen LogP contribution >= 0.6 is 0 Å². The van der Waals surface area contributed by atoms with Gasteiger partial charge in [0.15, 0.2) is 0 Å². The molecule has 1 heterocycles. The molecule has 112 valence electrons. The summed E-state index contributed by atoms with van der Waals surface area (Å²) in [7, 11) is 0. The highest BCUT2D eigenvalue weighted by Crippen LogP contribution is 2.20. The third-order valence-corrected chi connectivity index (χ3v) is 3.11. The van der Waals surface area contributed by atoms with Crippen LogP contribution in [0, 0.1) is 15.9 Å². The molecule has 0 radical (unpaired) electrons. The van der Waals surface area contributed by atoms with Gasteiger partial charge in [0.2, 0.25) is 5.91 Å². The van der Waals surface area contributed by atoms with Gasteiger partial charge in [0.25, 0.3) is 11.6 Å². The molecule has 1 aromatic rings. The van der Waals surface area contributed by atoms with Crippen LogP contribution in [0.15, 0.2) is 18.2 Å². The number of nitro groups is 1. The van der Waals surface area contributed by atoms with Crippen molar-refractivity contribution in [3.8, 4) is 0 Å². The molecule has 1 aliphatic heterocycles. The van der Waals surface area contributed by atoms with Crippen molar-refractivity contribution in [1.82, 2.24) is 4.90 Å². The van der Waals surface area contributed by atoms with Gasteiger partial charge in [0, 0.05) is 18.7 Å². The topological polar surface area (TPSA) is 116 Å². The number of non-ortho nitro benzene ring substituents is 1. The molecular formula is C12H12FN3O5. The maximum Gasteiger partial charge on any atom is 0.270 e. The fraction of sp³-hybridized carbons (Fsp3) is 0.333. The number of hydrogen-bond donors (Lipinski definition) is 1. The summed E-state index contributed by atoms with van der Waals surface area (Å²) in [5.41, 5.74) is 4.29. The molecule has 0 aromatic heterocycles. The molecule has 1 aliphatic rings. The van der Waals surface area contributed by atoms with Crippen molar-refractivity contribution in [3.05, 3.63) is 39.7 Å². The van der Waals surface area contributed by atoms with Crippen molar-refractivity contribution >= 4 is 17.5 Å². The first-order chi connectivity index (χ1) is 9.91. The molecule has 1 saturated heterocycles. The molecule has 0 aliphatic carbocycles. The van der Waals surface area contributed by atoms with Crippen molar-refractivity contribution in [2.45, 2.75) is 6.04 Å². The molecule has 2 rings (SSSR count). The predicted octanol–water partition coefficient (Wildman–Crippen LogP) is 0.0602. The Balaban J connectivity index is 2.36. The first-order valence-electron chi connectivity index (χ1n) is 6.04. The van der Waals surface area contributed by atoms with Gasteiger partial charge in [-0.1, -0.05) is 0 Å². The first kappa shape index (κ1) is 14.9. The Hall–Kier alpha value is -2.55. The Bertz CT molecular complexity index is 607. The van der Waals surface area contributed by atoms with Gasteiger partial charge in [-0.2, -0.15) is 0 Å².